The zero-order chi connectivity index (χ0) is 11.5. The molecule has 0 amide bonds. The van der Waals surface area contributed by atoms with Gasteiger partial charge in [0.25, 0.3) is 0 Å². The number of pyridine rings is 1. The van der Waals surface area contributed by atoms with Gasteiger partial charge in [-0.15, -0.1) is 0 Å². The molecule has 2 heterocycles. The van der Waals surface area contributed by atoms with Gasteiger partial charge in [-0.3, -0.25) is 4.68 Å². The Hall–Kier alpha value is -1.55. The highest BCUT2D eigenvalue weighted by Gasteiger charge is 2.04. The zero-order valence-corrected chi connectivity index (χ0v) is 9.99. The average molecular weight is 237 g/mol. The van der Waals surface area contributed by atoms with E-state index in [0.717, 1.165) is 16.9 Å². The molecule has 4 nitrogen and oxygen atoms in total. The molecule has 0 spiro atoms. The van der Waals surface area contributed by atoms with Crippen molar-refractivity contribution in [2.75, 3.05) is 5.32 Å². The summed E-state index contributed by atoms with van der Waals surface area (Å²) < 4.78 is 1.85. The molecular weight excluding hydrogens is 224 g/mol. The lowest BCUT2D eigenvalue weighted by Gasteiger charge is -2.06. The van der Waals surface area contributed by atoms with Gasteiger partial charge in [0.15, 0.2) is 5.15 Å². The number of aryl methyl sites for hydroxylation is 1. The molecule has 0 aliphatic heterocycles. The molecule has 84 valence electrons. The largest absolute Gasteiger partial charge is 0.378 e. The zero-order valence-electron chi connectivity index (χ0n) is 9.24. The Bertz CT molecular complexity index is 492. The summed E-state index contributed by atoms with van der Waals surface area (Å²) in [4.78, 5) is 4.00. The van der Waals surface area contributed by atoms with Crippen LogP contribution in [0.1, 0.15) is 11.3 Å². The molecule has 0 radical (unpaired) electrons. The minimum absolute atomic E-state index is 0.490. The maximum atomic E-state index is 5.94. The summed E-state index contributed by atoms with van der Waals surface area (Å²) in [6.45, 7) is 2.74. The number of hydrogen-bond donors (Lipinski definition) is 1. The van der Waals surface area contributed by atoms with Gasteiger partial charge < -0.3 is 5.32 Å². The second kappa shape index (κ2) is 4.53. The van der Waals surface area contributed by atoms with Gasteiger partial charge in [-0.25, -0.2) is 4.98 Å². The van der Waals surface area contributed by atoms with Crippen molar-refractivity contribution in [3.05, 3.63) is 40.9 Å². The molecule has 0 aliphatic rings. The molecule has 0 saturated heterocycles. The van der Waals surface area contributed by atoms with Gasteiger partial charge in [0.1, 0.15) is 0 Å². The minimum atomic E-state index is 0.490. The first-order valence-corrected chi connectivity index (χ1v) is 5.38. The summed E-state index contributed by atoms with van der Waals surface area (Å²) >= 11 is 5.94. The molecule has 2 aromatic rings. The second-order valence-corrected chi connectivity index (χ2v) is 3.93. The number of aromatic nitrogens is 3. The number of anilines is 1. The number of nitrogens with zero attached hydrogens (tertiary/aromatic N) is 3. The quantitative estimate of drug-likeness (QED) is 0.833. The van der Waals surface area contributed by atoms with Crippen LogP contribution in [0.3, 0.4) is 0 Å². The molecule has 5 heteroatoms. The lowest BCUT2D eigenvalue weighted by Crippen LogP contribution is -2.02. The monoisotopic (exact) mass is 236 g/mol. The van der Waals surface area contributed by atoms with Crippen LogP contribution in [0.2, 0.25) is 5.15 Å². The number of halogens is 1. The molecule has 0 bridgehead atoms. The normalized spacial score (nSPS) is 10.4. The Morgan fingerprint density at radius 2 is 2.31 bits per heavy atom. The van der Waals surface area contributed by atoms with Crippen molar-refractivity contribution in [1.29, 1.82) is 0 Å². The van der Waals surface area contributed by atoms with Crippen LogP contribution in [0.4, 0.5) is 5.69 Å². The lowest BCUT2D eigenvalue weighted by atomic mass is 10.2. The third-order valence-corrected chi connectivity index (χ3v) is 2.87. The molecular formula is C11H13ClN4. The number of hydrogen-bond acceptors (Lipinski definition) is 3. The smallest absolute Gasteiger partial charge is 0.152 e. The Morgan fingerprint density at radius 1 is 1.50 bits per heavy atom. The molecule has 2 aromatic heterocycles. The highest BCUT2D eigenvalue weighted by Crippen LogP contribution is 2.18. The van der Waals surface area contributed by atoms with E-state index in [0.29, 0.717) is 11.7 Å². The van der Waals surface area contributed by atoms with Gasteiger partial charge in [0.05, 0.1) is 11.9 Å². The third-order valence-electron chi connectivity index (χ3n) is 2.57. The van der Waals surface area contributed by atoms with E-state index < -0.39 is 0 Å². The van der Waals surface area contributed by atoms with Gasteiger partial charge in [-0.05, 0) is 19.1 Å². The molecule has 1 N–H and O–H groups in total. The van der Waals surface area contributed by atoms with Crippen LogP contribution >= 0.6 is 11.6 Å². The maximum Gasteiger partial charge on any atom is 0.152 e. The average Bonchev–Trinajstić information content (AvgIpc) is 2.59. The first-order valence-electron chi connectivity index (χ1n) is 5.00. The molecule has 0 aromatic carbocycles. The van der Waals surface area contributed by atoms with E-state index in [2.05, 4.69) is 15.4 Å². The molecule has 0 saturated carbocycles. The van der Waals surface area contributed by atoms with Gasteiger partial charge in [0.2, 0.25) is 0 Å². The molecule has 0 aliphatic carbocycles. The standard InChI is InChI=1S/C11H13ClN4/c1-8-9(7-15-16(8)2)6-14-10-4-3-5-13-11(10)12/h3-5,7,14H,6H2,1-2H3. The molecule has 0 unspecified atom stereocenters. The van der Waals surface area contributed by atoms with Crippen LogP contribution in [0.15, 0.2) is 24.5 Å². The first-order chi connectivity index (χ1) is 7.68. The van der Waals surface area contributed by atoms with E-state index in [4.69, 9.17) is 11.6 Å². The van der Waals surface area contributed by atoms with Crippen molar-refractivity contribution < 1.29 is 0 Å². The van der Waals surface area contributed by atoms with Crippen molar-refractivity contribution in [3.63, 3.8) is 0 Å². The van der Waals surface area contributed by atoms with Crippen molar-refractivity contribution in [2.24, 2.45) is 7.05 Å². The molecule has 16 heavy (non-hydrogen) atoms. The topological polar surface area (TPSA) is 42.7 Å². The molecule has 0 fully saturated rings. The van der Waals surface area contributed by atoms with Crippen LogP contribution in [-0.2, 0) is 13.6 Å². The summed E-state index contributed by atoms with van der Waals surface area (Å²) in [5.41, 5.74) is 3.14. The fraction of sp³-hybridized carbons (Fsp3) is 0.273. The van der Waals surface area contributed by atoms with E-state index in [1.165, 1.54) is 0 Å². The Labute approximate surface area is 99.3 Å². The highest BCUT2D eigenvalue weighted by atomic mass is 35.5. The van der Waals surface area contributed by atoms with Gasteiger partial charge in [-0.1, -0.05) is 11.6 Å². The fourth-order valence-electron chi connectivity index (χ4n) is 1.43. The van der Waals surface area contributed by atoms with Crippen LogP contribution in [0.25, 0.3) is 0 Å². The van der Waals surface area contributed by atoms with Crippen molar-refractivity contribution in [1.82, 2.24) is 14.8 Å². The van der Waals surface area contributed by atoms with E-state index in [9.17, 15) is 0 Å². The summed E-state index contributed by atoms with van der Waals surface area (Å²) in [6.07, 6.45) is 3.52. The summed E-state index contributed by atoms with van der Waals surface area (Å²) in [7, 11) is 1.93. The Kier molecular flexibility index (Phi) is 3.10. The van der Waals surface area contributed by atoms with Gasteiger partial charge in [-0.2, -0.15) is 5.10 Å². The molecule has 2 rings (SSSR count). The summed E-state index contributed by atoms with van der Waals surface area (Å²) in [5, 5.41) is 7.90. The van der Waals surface area contributed by atoms with E-state index in [1.54, 1.807) is 6.20 Å². The van der Waals surface area contributed by atoms with Crippen LogP contribution in [-0.4, -0.2) is 14.8 Å². The van der Waals surface area contributed by atoms with Crippen molar-refractivity contribution in [3.8, 4) is 0 Å². The van der Waals surface area contributed by atoms with Crippen LogP contribution in [0, 0.1) is 6.92 Å². The van der Waals surface area contributed by atoms with Crippen LogP contribution in [0.5, 0.6) is 0 Å². The minimum Gasteiger partial charge on any atom is -0.378 e. The predicted molar refractivity (Wildman–Crippen MR) is 64.5 cm³/mol. The second-order valence-electron chi connectivity index (χ2n) is 3.57. The summed E-state index contributed by atoms with van der Waals surface area (Å²) in [5.74, 6) is 0. The Morgan fingerprint density at radius 3 is 2.94 bits per heavy atom. The maximum absolute atomic E-state index is 5.94. The highest BCUT2D eigenvalue weighted by molar-refractivity contribution is 6.31. The third kappa shape index (κ3) is 2.17. The number of rotatable bonds is 3. The lowest BCUT2D eigenvalue weighted by molar-refractivity contribution is 0.738. The van der Waals surface area contributed by atoms with Gasteiger partial charge >= 0.3 is 0 Å². The fourth-order valence-corrected chi connectivity index (χ4v) is 1.61. The van der Waals surface area contributed by atoms with Gasteiger partial charge in [0, 0.05) is 31.0 Å². The molecule has 0 atom stereocenters. The van der Waals surface area contributed by atoms with Crippen molar-refractivity contribution >= 4 is 17.3 Å². The van der Waals surface area contributed by atoms with E-state index in [1.807, 2.05) is 37.0 Å². The SMILES string of the molecule is Cc1c(CNc2cccnc2Cl)cnn1C. The van der Waals surface area contributed by atoms with E-state index >= 15 is 0 Å². The van der Waals surface area contributed by atoms with Crippen LogP contribution < -0.4 is 5.32 Å². The van der Waals surface area contributed by atoms with E-state index in [-0.39, 0.29) is 0 Å². The number of nitrogens with one attached hydrogen (secondary N) is 1. The van der Waals surface area contributed by atoms with Crippen molar-refractivity contribution in [2.45, 2.75) is 13.5 Å². The Balaban J connectivity index is 2.08. The summed E-state index contributed by atoms with van der Waals surface area (Å²) in [6, 6.07) is 3.76. The predicted octanol–water partition coefficient (Wildman–Crippen LogP) is 2.39. The first kappa shape index (κ1) is 11.0.